The van der Waals surface area contributed by atoms with Gasteiger partial charge in [0.1, 0.15) is 5.52 Å². The molecule has 0 bridgehead atoms. The van der Waals surface area contributed by atoms with Crippen LogP contribution in [0.1, 0.15) is 13.3 Å². The van der Waals surface area contributed by atoms with Crippen LogP contribution in [0.4, 0.5) is 14.7 Å². The molecular weight excluding hydrogens is 288 g/mol. The number of nitrogen functional groups attached to an aromatic ring is 1. The van der Waals surface area contributed by atoms with Crippen LogP contribution < -0.4 is 5.73 Å². The van der Waals surface area contributed by atoms with Crippen LogP contribution in [0.25, 0.3) is 11.0 Å². The van der Waals surface area contributed by atoms with E-state index in [2.05, 4.69) is 4.98 Å². The fraction of sp³-hybridized carbons (Fsp3) is 0.417. The maximum Gasteiger partial charge on any atom is 0.201 e. The number of anilines is 1. The summed E-state index contributed by atoms with van der Waals surface area (Å²) in [7, 11) is -3.21. The summed E-state index contributed by atoms with van der Waals surface area (Å²) in [6, 6.07) is 2.30. The van der Waals surface area contributed by atoms with E-state index in [1.54, 1.807) is 6.92 Å². The third-order valence-electron chi connectivity index (χ3n) is 3.76. The molecule has 1 fully saturated rings. The summed E-state index contributed by atoms with van der Waals surface area (Å²) in [5, 5.41) is 0. The van der Waals surface area contributed by atoms with Crippen LogP contribution in [0.15, 0.2) is 12.1 Å². The predicted octanol–water partition coefficient (Wildman–Crippen LogP) is 1.43. The molecule has 3 rings (SSSR count). The van der Waals surface area contributed by atoms with Gasteiger partial charge in [-0.05, 0) is 25.5 Å². The molecule has 1 aromatic carbocycles. The van der Waals surface area contributed by atoms with E-state index in [4.69, 9.17) is 5.73 Å². The third kappa shape index (κ3) is 1.78. The monoisotopic (exact) mass is 301 g/mol. The highest BCUT2D eigenvalue weighted by Gasteiger charge is 2.42. The van der Waals surface area contributed by atoms with E-state index in [1.807, 2.05) is 0 Å². The zero-order chi connectivity index (χ0) is 14.7. The molecule has 2 heterocycles. The number of aromatic nitrogens is 2. The highest BCUT2D eigenvalue weighted by molar-refractivity contribution is 7.91. The van der Waals surface area contributed by atoms with Crippen LogP contribution in [-0.4, -0.2) is 29.5 Å². The number of halogens is 2. The fourth-order valence-electron chi connectivity index (χ4n) is 2.84. The van der Waals surface area contributed by atoms with Crippen LogP contribution in [-0.2, 0) is 15.4 Å². The van der Waals surface area contributed by atoms with Crippen LogP contribution >= 0.6 is 0 Å². The van der Waals surface area contributed by atoms with Gasteiger partial charge in [-0.1, -0.05) is 0 Å². The van der Waals surface area contributed by atoms with Gasteiger partial charge >= 0.3 is 0 Å². The first-order valence-electron chi connectivity index (χ1n) is 6.06. The van der Waals surface area contributed by atoms with Crippen molar-refractivity contribution in [2.75, 3.05) is 17.2 Å². The Morgan fingerprint density at radius 1 is 1.40 bits per heavy atom. The van der Waals surface area contributed by atoms with Crippen molar-refractivity contribution in [2.45, 2.75) is 18.9 Å². The number of hydrogen-bond acceptors (Lipinski definition) is 4. The maximum atomic E-state index is 14.0. The molecule has 2 N–H and O–H groups in total. The van der Waals surface area contributed by atoms with E-state index in [0.717, 1.165) is 6.07 Å². The topological polar surface area (TPSA) is 78.0 Å². The van der Waals surface area contributed by atoms with Gasteiger partial charge in [0.15, 0.2) is 21.5 Å². The number of rotatable bonds is 1. The first-order chi connectivity index (χ1) is 9.23. The number of hydrogen-bond donors (Lipinski definition) is 1. The Balaban J connectivity index is 2.32. The molecule has 1 atom stereocenters. The highest BCUT2D eigenvalue weighted by atomic mass is 32.2. The molecule has 5 nitrogen and oxygen atoms in total. The molecular formula is C12H13F2N3O2S. The Morgan fingerprint density at radius 2 is 2.10 bits per heavy atom. The van der Waals surface area contributed by atoms with Crippen molar-refractivity contribution in [2.24, 2.45) is 0 Å². The number of imidazole rings is 1. The molecule has 8 heteroatoms. The summed E-state index contributed by atoms with van der Waals surface area (Å²) in [4.78, 5) is 3.99. The smallest absolute Gasteiger partial charge is 0.201 e. The molecule has 1 unspecified atom stereocenters. The zero-order valence-corrected chi connectivity index (χ0v) is 11.5. The van der Waals surface area contributed by atoms with Crippen molar-refractivity contribution in [1.82, 2.24) is 9.55 Å². The van der Waals surface area contributed by atoms with Gasteiger partial charge in [-0.25, -0.2) is 22.2 Å². The summed E-state index contributed by atoms with van der Waals surface area (Å²) in [6.45, 7) is 1.67. The Hall–Kier alpha value is -1.70. The summed E-state index contributed by atoms with van der Waals surface area (Å²) < 4.78 is 52.2. The Bertz CT molecular complexity index is 816. The van der Waals surface area contributed by atoms with Crippen molar-refractivity contribution in [3.63, 3.8) is 0 Å². The molecule has 20 heavy (non-hydrogen) atoms. The lowest BCUT2D eigenvalue weighted by Crippen LogP contribution is -2.32. The first-order valence-corrected chi connectivity index (χ1v) is 7.88. The van der Waals surface area contributed by atoms with Gasteiger partial charge in [-0.2, -0.15) is 0 Å². The minimum Gasteiger partial charge on any atom is -0.369 e. The van der Waals surface area contributed by atoms with E-state index < -0.39 is 27.0 Å². The predicted molar refractivity (Wildman–Crippen MR) is 71.0 cm³/mol. The largest absolute Gasteiger partial charge is 0.369 e. The minimum atomic E-state index is -3.21. The van der Waals surface area contributed by atoms with Crippen LogP contribution in [0.3, 0.4) is 0 Å². The molecule has 2 aromatic rings. The molecule has 0 radical (unpaired) electrons. The van der Waals surface area contributed by atoms with Gasteiger partial charge in [-0.3, -0.25) is 0 Å². The number of nitrogens with two attached hydrogens (primary N) is 1. The average molecular weight is 301 g/mol. The van der Waals surface area contributed by atoms with E-state index >= 15 is 0 Å². The van der Waals surface area contributed by atoms with Crippen molar-refractivity contribution in [1.29, 1.82) is 0 Å². The second kappa shape index (κ2) is 3.91. The Morgan fingerprint density at radius 3 is 2.70 bits per heavy atom. The summed E-state index contributed by atoms with van der Waals surface area (Å²) in [6.07, 6.45) is 0.293. The van der Waals surface area contributed by atoms with E-state index in [9.17, 15) is 17.2 Å². The molecule has 1 aliphatic heterocycles. The van der Waals surface area contributed by atoms with Crippen LogP contribution in [0.5, 0.6) is 0 Å². The summed E-state index contributed by atoms with van der Waals surface area (Å²) in [5.74, 6) is -2.24. The molecule has 0 saturated carbocycles. The van der Waals surface area contributed by atoms with Crippen molar-refractivity contribution < 1.29 is 17.2 Å². The maximum absolute atomic E-state index is 14.0. The Labute approximate surface area is 114 Å². The minimum absolute atomic E-state index is 0.000448. The van der Waals surface area contributed by atoms with Gasteiger partial charge in [0, 0.05) is 0 Å². The molecule has 1 aliphatic rings. The average Bonchev–Trinajstić information content (AvgIpc) is 2.82. The first kappa shape index (κ1) is 13.3. The molecule has 0 amide bonds. The van der Waals surface area contributed by atoms with E-state index in [0.29, 0.717) is 6.42 Å². The lowest BCUT2D eigenvalue weighted by atomic mass is 10.0. The molecule has 0 spiro atoms. The zero-order valence-electron chi connectivity index (χ0n) is 10.7. The lowest BCUT2D eigenvalue weighted by Gasteiger charge is -2.26. The van der Waals surface area contributed by atoms with Gasteiger partial charge < -0.3 is 10.3 Å². The molecule has 1 saturated heterocycles. The van der Waals surface area contributed by atoms with Gasteiger partial charge in [-0.15, -0.1) is 0 Å². The normalized spacial score (nSPS) is 25.4. The molecule has 1 aromatic heterocycles. The molecule has 0 aliphatic carbocycles. The third-order valence-corrected chi connectivity index (χ3v) is 5.65. The SMILES string of the molecule is CC1(n2c(N)nc3ccc(F)c(F)c32)CCS(=O)(=O)C1. The van der Waals surface area contributed by atoms with Crippen molar-refractivity contribution in [3.8, 4) is 0 Å². The number of fused-ring (bicyclic) bond motifs is 1. The number of sulfone groups is 1. The van der Waals surface area contributed by atoms with Crippen molar-refractivity contribution >= 4 is 26.8 Å². The van der Waals surface area contributed by atoms with Crippen LogP contribution in [0, 0.1) is 11.6 Å². The summed E-state index contributed by atoms with van der Waals surface area (Å²) >= 11 is 0. The van der Waals surface area contributed by atoms with Gasteiger partial charge in [0.25, 0.3) is 0 Å². The van der Waals surface area contributed by atoms with Gasteiger partial charge in [0.05, 0.1) is 22.6 Å². The number of benzene rings is 1. The Kier molecular flexibility index (Phi) is 2.60. The van der Waals surface area contributed by atoms with Crippen molar-refractivity contribution in [3.05, 3.63) is 23.8 Å². The summed E-state index contributed by atoms with van der Waals surface area (Å²) in [5.41, 5.74) is 5.02. The lowest BCUT2D eigenvalue weighted by molar-refractivity contribution is 0.376. The quantitative estimate of drug-likeness (QED) is 0.864. The standard InChI is InChI=1S/C12H13F2N3O2S/c1-12(4-5-20(18,19)6-12)17-10-8(16-11(17)15)3-2-7(13)9(10)14/h2-3H,4-6H2,1H3,(H2,15,16). The van der Waals surface area contributed by atoms with E-state index in [-0.39, 0.29) is 28.5 Å². The second-order valence-corrected chi connectivity index (χ2v) is 7.56. The van der Waals surface area contributed by atoms with E-state index in [1.165, 1.54) is 10.6 Å². The second-order valence-electron chi connectivity index (χ2n) is 5.37. The highest BCUT2D eigenvalue weighted by Crippen LogP contribution is 2.36. The van der Waals surface area contributed by atoms with Gasteiger partial charge in [0.2, 0.25) is 5.95 Å². The van der Waals surface area contributed by atoms with Crippen LogP contribution in [0.2, 0.25) is 0 Å². The molecule has 108 valence electrons. The number of nitrogens with zero attached hydrogens (tertiary/aromatic N) is 2. The fourth-order valence-corrected chi connectivity index (χ4v) is 4.95.